The minimum Gasteiger partial charge on any atom is -0.508 e. The Morgan fingerprint density at radius 2 is 1.26 bits per heavy atom. The Bertz CT molecular complexity index is 3730. The number of fused-ring (bicyclic) bond motifs is 15. The molecule has 18 N–H and O–H groups in total. The molecule has 11 bridgehead atoms. The van der Waals surface area contributed by atoms with Crippen LogP contribution in [-0.4, -0.2) is 161 Å². The van der Waals surface area contributed by atoms with E-state index < -0.39 is 201 Å². The number of benzene rings is 5. The normalized spacial score (nSPS) is 26.2. The van der Waals surface area contributed by atoms with Gasteiger partial charge in [0.25, 0.3) is 0 Å². The van der Waals surface area contributed by atoms with E-state index in [2.05, 4.69) is 53.1 Å². The number of phenolic OH excluding ortho intramolecular Hbond substituents is 3. The number of carboxylic acid groups (broad SMARTS) is 1. The maximum atomic E-state index is 15.8. The summed E-state index contributed by atoms with van der Waals surface area (Å²) in [5.74, 6) is -15.5. The van der Waals surface area contributed by atoms with Gasteiger partial charge in [0, 0.05) is 28.1 Å². The van der Waals surface area contributed by atoms with Crippen molar-refractivity contribution in [2.24, 2.45) is 11.7 Å². The van der Waals surface area contributed by atoms with E-state index in [9.17, 15) is 69.9 Å². The fourth-order valence-electron chi connectivity index (χ4n) is 10.7. The number of aliphatic hydroxyl groups excluding tert-OH is 5. The van der Waals surface area contributed by atoms with E-state index in [4.69, 9.17) is 47.9 Å². The van der Waals surface area contributed by atoms with E-state index in [1.807, 2.05) is 13.8 Å². The summed E-state index contributed by atoms with van der Waals surface area (Å²) in [5, 5.41) is 118. The van der Waals surface area contributed by atoms with Gasteiger partial charge in [0.2, 0.25) is 53.4 Å². The van der Waals surface area contributed by atoms with Crippen molar-refractivity contribution < 1.29 is 103 Å². The van der Waals surface area contributed by atoms with Gasteiger partial charge in [-0.1, -0.05) is 71.2 Å². The molecule has 0 aliphatic carbocycles. The highest BCUT2D eigenvalue weighted by molar-refractivity contribution is 9.09. The van der Waals surface area contributed by atoms with Gasteiger partial charge in [-0.3, -0.25) is 33.6 Å². The Kier molecular flexibility index (Phi) is 20.2. The van der Waals surface area contributed by atoms with Crippen LogP contribution in [0, 0.1) is 5.92 Å². The molecular formula is C59H61BrCl2N8O21. The molecule has 6 aliphatic rings. The van der Waals surface area contributed by atoms with E-state index in [1.165, 1.54) is 19.2 Å². The summed E-state index contributed by atoms with van der Waals surface area (Å²) in [7, 11) is 1.48. The van der Waals surface area contributed by atoms with Gasteiger partial charge in [0.05, 0.1) is 22.5 Å². The average Bonchev–Trinajstić information content (AvgIpc) is 0.790. The van der Waals surface area contributed by atoms with Crippen LogP contribution in [0.15, 0.2) is 78.9 Å². The highest BCUT2D eigenvalue weighted by atomic mass is 79.9. The van der Waals surface area contributed by atoms with E-state index in [1.54, 1.807) is 0 Å². The van der Waals surface area contributed by atoms with Crippen LogP contribution in [0.4, 0.5) is 0 Å². The maximum Gasteiger partial charge on any atom is 0.330 e. The van der Waals surface area contributed by atoms with Crippen molar-refractivity contribution in [1.29, 1.82) is 0 Å². The van der Waals surface area contributed by atoms with Gasteiger partial charge in [-0.05, 0) is 96.2 Å². The van der Waals surface area contributed by atoms with Gasteiger partial charge in [-0.15, -0.1) is 0 Å². The highest BCUT2D eigenvalue weighted by Crippen LogP contribution is 2.49. The molecule has 6 heterocycles. The number of nitrogens with two attached hydrogens (primary N) is 1. The molecule has 0 saturated carbocycles. The molecule has 5 aromatic carbocycles. The summed E-state index contributed by atoms with van der Waals surface area (Å²) in [6, 6.07) is -0.227. The molecule has 0 radical (unpaired) electrons. The van der Waals surface area contributed by atoms with E-state index in [0.29, 0.717) is 0 Å². The van der Waals surface area contributed by atoms with Crippen molar-refractivity contribution in [3.05, 3.63) is 117 Å². The van der Waals surface area contributed by atoms with Gasteiger partial charge < -0.3 is 108 Å². The number of ether oxygens (including phenoxy) is 4. The lowest BCUT2D eigenvalue weighted by atomic mass is 9.89. The zero-order valence-electron chi connectivity index (χ0n) is 47.9. The molecule has 0 unspecified atom stereocenters. The Balaban J connectivity index is 1.32. The van der Waals surface area contributed by atoms with Crippen LogP contribution < -0.4 is 57.2 Å². The first kappa shape index (κ1) is 66.8. The number of hydrogen-bond acceptors (Lipinski definition) is 21. The van der Waals surface area contributed by atoms with Crippen molar-refractivity contribution in [2.75, 3.05) is 12.4 Å². The van der Waals surface area contributed by atoms with Crippen molar-refractivity contribution in [3.8, 4) is 57.1 Å². The number of hydrogen-bond donors (Lipinski definition) is 17. The quantitative estimate of drug-likeness (QED) is 0.0828. The van der Waals surface area contributed by atoms with Gasteiger partial charge in [0.1, 0.15) is 95.6 Å². The summed E-state index contributed by atoms with van der Waals surface area (Å²) in [5.41, 5.74) is 3.03. The number of primary amides is 1. The number of carboxylic acids is 1. The summed E-state index contributed by atoms with van der Waals surface area (Å²) < 4.78 is 25.2. The fourth-order valence-corrected chi connectivity index (χ4v) is 11.7. The molecule has 1 fully saturated rings. The number of likely N-dealkylation sites (N-methyl/N-ethyl adjacent to an activating group) is 1. The molecule has 29 nitrogen and oxygen atoms in total. The van der Waals surface area contributed by atoms with Crippen LogP contribution in [0.3, 0.4) is 0 Å². The van der Waals surface area contributed by atoms with Crippen molar-refractivity contribution in [1.82, 2.24) is 37.2 Å². The molecule has 14 atom stereocenters. The number of aliphatic carboxylic acids is 1. The van der Waals surface area contributed by atoms with Gasteiger partial charge in [-0.2, -0.15) is 0 Å². The average molecular weight is 1370 g/mol. The molecule has 0 spiro atoms. The Morgan fingerprint density at radius 1 is 0.670 bits per heavy atom. The maximum absolute atomic E-state index is 15.8. The number of nitrogens with one attached hydrogen (secondary N) is 7. The zero-order valence-corrected chi connectivity index (χ0v) is 51.0. The zero-order chi connectivity index (χ0) is 66.2. The number of carbonyl (C=O) groups excluding carboxylic acids is 7. The number of alkyl halides is 1. The molecule has 484 valence electrons. The highest BCUT2D eigenvalue weighted by Gasteiger charge is 2.47. The molecule has 32 heteroatoms. The molecule has 91 heavy (non-hydrogen) atoms. The summed E-state index contributed by atoms with van der Waals surface area (Å²) in [4.78, 5) is 116. The molecule has 11 rings (SSSR count). The largest absolute Gasteiger partial charge is 0.508 e. The standard InChI is InChI=1S/C59H61BrCl2N8O21/c1-20(2)10-30(64-3)52(80)69-44-46(75)22-5-8-34(28(61)12-22)88-36-14-24-15-37(51(36)91-59-50(79)49(78)48(77)38(19-60)90-59)89-35-9-6-23(13-29(35)62)47(76)45-57(85)68-43(58(86)87)27-16-25(71)17-33(73)40(27)26-11-21(4-7-32(26)72)41(54(82)70-45)67-55(83)42(24)66-53(81)31(18-39(63)74)65-56(44)84/h4-9,11-17,20,30-31,38,41-50,59,64,71-73,75-79H,10,18-19H2,1-3H3,(H2,63,74)(H,65,84)(H,66,81)(H,67,83)(H,68,85)(H,69,80)(H,70,82)(H,86,87)/t30-,31+,38-,41-,42-,43+,44-,45+,46-,47-,48-,49+,50-,59+/m1/s1. The number of phenols is 3. The third kappa shape index (κ3) is 14.2. The van der Waals surface area contributed by atoms with E-state index in [0.717, 1.165) is 66.7 Å². The van der Waals surface area contributed by atoms with Crippen molar-refractivity contribution in [2.45, 2.75) is 112 Å². The monoisotopic (exact) mass is 1370 g/mol. The van der Waals surface area contributed by atoms with Gasteiger partial charge in [-0.25, -0.2) is 4.79 Å². The predicted molar refractivity (Wildman–Crippen MR) is 320 cm³/mol. The lowest BCUT2D eigenvalue weighted by Crippen LogP contribution is -2.59. The summed E-state index contributed by atoms with van der Waals surface area (Å²) in [6.45, 7) is 3.65. The number of aliphatic hydroxyl groups is 5. The minimum atomic E-state index is -2.28. The fraction of sp³-hybridized carbons (Fsp3) is 0.356. The molecule has 7 amide bonds. The van der Waals surface area contributed by atoms with Crippen LogP contribution >= 0.6 is 39.1 Å². The second-order valence-electron chi connectivity index (χ2n) is 22.2. The first-order valence-electron chi connectivity index (χ1n) is 27.9. The van der Waals surface area contributed by atoms with Crippen LogP contribution in [0.1, 0.15) is 84.8 Å². The van der Waals surface area contributed by atoms with Crippen molar-refractivity contribution >= 4 is 86.5 Å². The molecular weight excluding hydrogens is 1310 g/mol. The van der Waals surface area contributed by atoms with Crippen LogP contribution in [-0.2, 0) is 43.1 Å². The second-order valence-corrected chi connectivity index (χ2v) is 23.6. The number of rotatable bonds is 11. The second kappa shape index (κ2) is 27.5. The predicted octanol–water partition coefficient (Wildman–Crippen LogP) is 1.27. The third-order valence-corrected chi connectivity index (χ3v) is 16.6. The Morgan fingerprint density at radius 3 is 1.85 bits per heavy atom. The summed E-state index contributed by atoms with van der Waals surface area (Å²) in [6.07, 6.45) is -13.9. The lowest BCUT2D eigenvalue weighted by Gasteiger charge is -2.40. The van der Waals surface area contributed by atoms with Crippen LogP contribution in [0.5, 0.6) is 46.0 Å². The smallest absolute Gasteiger partial charge is 0.330 e. The molecule has 6 aliphatic heterocycles. The first-order valence-corrected chi connectivity index (χ1v) is 29.8. The molecule has 1 saturated heterocycles. The van der Waals surface area contributed by atoms with Crippen molar-refractivity contribution in [3.63, 3.8) is 0 Å². The Hall–Kier alpha value is -8.56. The van der Waals surface area contributed by atoms with Gasteiger partial charge in [0.15, 0.2) is 17.5 Å². The van der Waals surface area contributed by atoms with Gasteiger partial charge >= 0.3 is 5.97 Å². The molecule has 0 aromatic heterocycles. The SMILES string of the molecule is CN[C@H](CC(C)C)C(=O)N[C@H]1C(=O)N[C@@H](CC(N)=O)C(=O)N[C@H]2C(=O)N[C@H]3C(=O)N[C@H](C(=O)N[C@H](C(=O)O)c4cc(O)cc(O)c4-c4cc3ccc4O)[C@H](O)c3ccc(c(Cl)c3)Oc3cc2cc(c3O[C@@H]2O[C@H](CBr)[C@@H](O)[C@H](O)[C@H]2O)Oc2ccc(cc2Cl)[C@H]1O. The van der Waals surface area contributed by atoms with Crippen LogP contribution in [0.25, 0.3) is 11.1 Å². The summed E-state index contributed by atoms with van der Waals surface area (Å²) >= 11 is 17.1. The minimum absolute atomic E-state index is 0.0744. The number of carbonyl (C=O) groups is 8. The van der Waals surface area contributed by atoms with E-state index >= 15 is 14.4 Å². The van der Waals surface area contributed by atoms with Crippen LogP contribution in [0.2, 0.25) is 10.0 Å². The number of halogens is 3. The topological polar surface area (TPSA) is 466 Å². The third-order valence-electron chi connectivity index (χ3n) is 15.4. The lowest BCUT2D eigenvalue weighted by molar-refractivity contribution is -0.267. The Labute approximate surface area is 534 Å². The number of amides is 7. The van der Waals surface area contributed by atoms with E-state index in [-0.39, 0.29) is 50.9 Å². The molecule has 5 aromatic rings. The first-order chi connectivity index (χ1) is 43.1. The number of aromatic hydroxyl groups is 3.